The summed E-state index contributed by atoms with van der Waals surface area (Å²) in [6.07, 6.45) is 2.04. The van der Waals surface area contributed by atoms with E-state index >= 15 is 0 Å². The van der Waals surface area contributed by atoms with E-state index in [1.165, 1.54) is 6.07 Å². The topological polar surface area (TPSA) is 20.2 Å². The third kappa shape index (κ3) is 1.84. The molecule has 0 saturated heterocycles. The molecule has 1 aliphatic rings. The van der Waals surface area contributed by atoms with Crippen molar-refractivity contribution in [2.45, 2.75) is 24.9 Å². The van der Waals surface area contributed by atoms with Gasteiger partial charge in [-0.05, 0) is 24.5 Å². The van der Waals surface area contributed by atoms with Crippen molar-refractivity contribution < 1.29 is 9.50 Å². The molecule has 0 radical (unpaired) electrons. The maximum Gasteiger partial charge on any atom is 0.142 e. The van der Waals surface area contributed by atoms with Gasteiger partial charge in [0.1, 0.15) is 5.82 Å². The predicted molar refractivity (Wildman–Crippen MR) is 49.3 cm³/mol. The molecule has 1 aromatic rings. The van der Waals surface area contributed by atoms with Crippen LogP contribution in [0.1, 0.15) is 18.4 Å². The molecule has 0 spiro atoms. The van der Waals surface area contributed by atoms with Gasteiger partial charge in [0.05, 0.1) is 10.6 Å². The summed E-state index contributed by atoms with van der Waals surface area (Å²) in [5.41, 5.74) is 0.0823. The molecule has 1 aromatic carbocycles. The van der Waals surface area contributed by atoms with Crippen molar-refractivity contribution in [3.05, 3.63) is 34.6 Å². The second-order valence-electron chi connectivity index (χ2n) is 3.61. The number of rotatable bonds is 2. The monoisotopic (exact) mass is 200 g/mol. The van der Waals surface area contributed by atoms with Crippen LogP contribution in [0.15, 0.2) is 18.2 Å². The normalized spacial score (nSPS) is 18.7. The summed E-state index contributed by atoms with van der Waals surface area (Å²) in [5, 5.41) is 9.76. The highest BCUT2D eigenvalue weighted by Crippen LogP contribution is 2.39. The number of halogens is 2. The maximum absolute atomic E-state index is 13.0. The van der Waals surface area contributed by atoms with E-state index in [0.29, 0.717) is 12.0 Å². The van der Waals surface area contributed by atoms with Crippen molar-refractivity contribution in [1.29, 1.82) is 0 Å². The van der Waals surface area contributed by atoms with Gasteiger partial charge in [0, 0.05) is 6.42 Å². The molecule has 0 atom stereocenters. The predicted octanol–water partition coefficient (Wildman–Crippen LogP) is 2.55. The van der Waals surface area contributed by atoms with Crippen molar-refractivity contribution in [3.63, 3.8) is 0 Å². The van der Waals surface area contributed by atoms with Gasteiger partial charge in [0.2, 0.25) is 0 Å². The maximum atomic E-state index is 13.0. The largest absolute Gasteiger partial charge is 0.390 e. The standard InChI is InChI=1S/C10H10ClFO/c11-9-7(2-1-3-8(9)12)6-10(13)4-5-10/h1-3,13H,4-6H2. The van der Waals surface area contributed by atoms with Crippen LogP contribution in [0.5, 0.6) is 0 Å². The quantitative estimate of drug-likeness (QED) is 0.778. The first-order valence-corrected chi connectivity index (χ1v) is 4.64. The van der Waals surface area contributed by atoms with Crippen LogP contribution in [-0.4, -0.2) is 10.7 Å². The minimum Gasteiger partial charge on any atom is -0.390 e. The molecular formula is C10H10ClFO. The molecule has 13 heavy (non-hydrogen) atoms. The average Bonchev–Trinajstić information content (AvgIpc) is 2.78. The fourth-order valence-corrected chi connectivity index (χ4v) is 1.55. The van der Waals surface area contributed by atoms with Crippen LogP contribution in [0, 0.1) is 5.82 Å². The Labute approximate surface area is 81.1 Å². The summed E-state index contributed by atoms with van der Waals surface area (Å²) in [6, 6.07) is 4.69. The van der Waals surface area contributed by atoms with Gasteiger partial charge in [-0.2, -0.15) is 0 Å². The number of hydrogen-bond donors (Lipinski definition) is 1. The van der Waals surface area contributed by atoms with E-state index in [1.54, 1.807) is 12.1 Å². The molecule has 0 unspecified atom stereocenters. The van der Waals surface area contributed by atoms with Gasteiger partial charge in [-0.1, -0.05) is 23.7 Å². The van der Waals surface area contributed by atoms with E-state index in [2.05, 4.69) is 0 Å². The Morgan fingerprint density at radius 2 is 2.15 bits per heavy atom. The Morgan fingerprint density at radius 3 is 2.77 bits per heavy atom. The van der Waals surface area contributed by atoms with E-state index in [-0.39, 0.29) is 5.02 Å². The Balaban J connectivity index is 2.25. The number of hydrogen-bond acceptors (Lipinski definition) is 1. The summed E-state index contributed by atoms with van der Waals surface area (Å²) in [5.74, 6) is -0.414. The highest BCUT2D eigenvalue weighted by Gasteiger charge is 2.40. The Bertz CT molecular complexity index is 334. The SMILES string of the molecule is OC1(Cc2cccc(F)c2Cl)CC1. The molecule has 2 rings (SSSR count). The molecular weight excluding hydrogens is 191 g/mol. The highest BCUT2D eigenvalue weighted by molar-refractivity contribution is 6.31. The molecule has 1 aliphatic carbocycles. The van der Waals surface area contributed by atoms with E-state index in [0.717, 1.165) is 12.8 Å². The second kappa shape index (κ2) is 2.96. The lowest BCUT2D eigenvalue weighted by atomic mass is 10.1. The van der Waals surface area contributed by atoms with E-state index in [9.17, 15) is 9.50 Å². The Morgan fingerprint density at radius 1 is 1.46 bits per heavy atom. The average molecular weight is 201 g/mol. The molecule has 1 N–H and O–H groups in total. The van der Waals surface area contributed by atoms with Crippen molar-refractivity contribution >= 4 is 11.6 Å². The molecule has 1 saturated carbocycles. The van der Waals surface area contributed by atoms with E-state index < -0.39 is 11.4 Å². The first-order valence-electron chi connectivity index (χ1n) is 4.26. The van der Waals surface area contributed by atoms with Crippen molar-refractivity contribution in [1.82, 2.24) is 0 Å². The summed E-state index contributed by atoms with van der Waals surface area (Å²) >= 11 is 5.74. The lowest BCUT2D eigenvalue weighted by molar-refractivity contribution is 0.151. The summed E-state index contributed by atoms with van der Waals surface area (Å²) in [6.45, 7) is 0. The smallest absolute Gasteiger partial charge is 0.142 e. The molecule has 0 bridgehead atoms. The van der Waals surface area contributed by atoms with Gasteiger partial charge in [-0.3, -0.25) is 0 Å². The summed E-state index contributed by atoms with van der Waals surface area (Å²) < 4.78 is 13.0. The van der Waals surface area contributed by atoms with E-state index in [1.807, 2.05) is 0 Å². The second-order valence-corrected chi connectivity index (χ2v) is 3.99. The van der Waals surface area contributed by atoms with Gasteiger partial charge < -0.3 is 5.11 Å². The lowest BCUT2D eigenvalue weighted by Gasteiger charge is -2.09. The van der Waals surface area contributed by atoms with Crippen LogP contribution in [0.4, 0.5) is 4.39 Å². The van der Waals surface area contributed by atoms with Crippen molar-refractivity contribution in [2.75, 3.05) is 0 Å². The van der Waals surface area contributed by atoms with Crippen LogP contribution in [0.3, 0.4) is 0 Å². The Hall–Kier alpha value is -0.600. The first-order chi connectivity index (χ1) is 6.11. The molecule has 1 nitrogen and oxygen atoms in total. The van der Waals surface area contributed by atoms with Crippen LogP contribution in [0.25, 0.3) is 0 Å². The zero-order valence-electron chi connectivity index (χ0n) is 7.06. The van der Waals surface area contributed by atoms with Gasteiger partial charge in [-0.25, -0.2) is 4.39 Å². The van der Waals surface area contributed by atoms with Crippen LogP contribution < -0.4 is 0 Å². The number of aliphatic hydroxyl groups is 1. The molecule has 1 fully saturated rings. The first kappa shape index (κ1) is 8.97. The van der Waals surface area contributed by atoms with Crippen LogP contribution >= 0.6 is 11.6 Å². The van der Waals surface area contributed by atoms with E-state index in [4.69, 9.17) is 11.6 Å². The van der Waals surface area contributed by atoms with Gasteiger partial charge in [-0.15, -0.1) is 0 Å². The third-order valence-electron chi connectivity index (χ3n) is 2.38. The summed E-state index contributed by atoms with van der Waals surface area (Å²) in [7, 11) is 0. The minimum atomic E-state index is -0.614. The molecule has 3 heteroatoms. The fraction of sp³-hybridized carbons (Fsp3) is 0.400. The zero-order valence-corrected chi connectivity index (χ0v) is 7.81. The van der Waals surface area contributed by atoms with Gasteiger partial charge in [0.15, 0.2) is 0 Å². The molecule has 70 valence electrons. The Kier molecular flexibility index (Phi) is 2.05. The fourth-order valence-electron chi connectivity index (χ4n) is 1.36. The number of benzene rings is 1. The lowest BCUT2D eigenvalue weighted by Crippen LogP contribution is -2.11. The third-order valence-corrected chi connectivity index (χ3v) is 2.80. The van der Waals surface area contributed by atoms with Gasteiger partial charge in [0.25, 0.3) is 0 Å². The van der Waals surface area contributed by atoms with Crippen LogP contribution in [0.2, 0.25) is 5.02 Å². The minimum absolute atomic E-state index is 0.142. The van der Waals surface area contributed by atoms with Gasteiger partial charge >= 0.3 is 0 Å². The molecule has 0 aromatic heterocycles. The van der Waals surface area contributed by atoms with Crippen molar-refractivity contribution in [3.8, 4) is 0 Å². The zero-order chi connectivity index (χ0) is 9.47. The summed E-state index contributed by atoms with van der Waals surface area (Å²) in [4.78, 5) is 0. The molecule has 0 amide bonds. The highest BCUT2D eigenvalue weighted by atomic mass is 35.5. The van der Waals surface area contributed by atoms with Crippen molar-refractivity contribution in [2.24, 2.45) is 0 Å². The molecule has 0 aliphatic heterocycles. The van der Waals surface area contributed by atoms with Crippen LogP contribution in [-0.2, 0) is 6.42 Å². The molecule has 0 heterocycles.